The molecule has 7 heteroatoms. The number of halogens is 2. The van der Waals surface area contributed by atoms with Gasteiger partial charge in [0.1, 0.15) is 5.54 Å². The molecule has 5 nitrogen and oxygen atoms in total. The summed E-state index contributed by atoms with van der Waals surface area (Å²) in [6.07, 6.45) is 0.411. The molecule has 2 rings (SSSR count). The fourth-order valence-corrected chi connectivity index (χ4v) is 2.80. The van der Waals surface area contributed by atoms with E-state index in [0.29, 0.717) is 18.7 Å². The average Bonchev–Trinajstić information content (AvgIpc) is 2.48. The minimum Gasteiger partial charge on any atom is -0.494 e. The van der Waals surface area contributed by atoms with Gasteiger partial charge in [0.2, 0.25) is 5.91 Å². The summed E-state index contributed by atoms with van der Waals surface area (Å²) in [6.45, 7) is 6.34. The van der Waals surface area contributed by atoms with Gasteiger partial charge >= 0.3 is 0 Å². The van der Waals surface area contributed by atoms with Crippen LogP contribution in [0.4, 0.5) is 10.1 Å². The first-order chi connectivity index (χ1) is 10.3. The van der Waals surface area contributed by atoms with Gasteiger partial charge in [-0.3, -0.25) is 4.79 Å². The van der Waals surface area contributed by atoms with E-state index in [2.05, 4.69) is 5.32 Å². The van der Waals surface area contributed by atoms with E-state index in [-0.39, 0.29) is 30.2 Å². The van der Waals surface area contributed by atoms with Crippen molar-refractivity contribution in [1.82, 2.24) is 0 Å². The predicted molar refractivity (Wildman–Crippen MR) is 89.6 cm³/mol. The number of rotatable bonds is 5. The molecule has 0 saturated heterocycles. The van der Waals surface area contributed by atoms with Crippen LogP contribution in [0.2, 0.25) is 0 Å². The fraction of sp³-hybridized carbons (Fsp3) is 0.562. The van der Waals surface area contributed by atoms with Crippen LogP contribution in [-0.2, 0) is 9.53 Å². The molecule has 1 aliphatic carbocycles. The molecular formula is C16H24ClFN2O3. The molecule has 1 saturated carbocycles. The van der Waals surface area contributed by atoms with E-state index in [4.69, 9.17) is 15.2 Å². The number of nitrogens with one attached hydrogen (secondary N) is 1. The summed E-state index contributed by atoms with van der Waals surface area (Å²) in [5.41, 5.74) is 5.25. The van der Waals surface area contributed by atoms with E-state index in [1.54, 1.807) is 0 Å². The van der Waals surface area contributed by atoms with Crippen LogP contribution in [-0.4, -0.2) is 31.3 Å². The fourth-order valence-electron chi connectivity index (χ4n) is 2.80. The second-order valence-corrected chi connectivity index (χ2v) is 6.14. The maximum atomic E-state index is 13.4. The molecule has 1 aromatic carbocycles. The van der Waals surface area contributed by atoms with Gasteiger partial charge in [-0.25, -0.2) is 4.39 Å². The van der Waals surface area contributed by atoms with Gasteiger partial charge in [0, 0.05) is 30.2 Å². The number of anilines is 1. The standard InChI is InChI=1S/C16H23FN2O3.ClH/c1-5-22-13-9-16(18,15(13,2)3)14(20)19-10-6-7-11(17)12(8-10)21-4;/h6-8,13H,5,9,18H2,1-4H3,(H,19,20);1H. The Morgan fingerprint density at radius 3 is 2.65 bits per heavy atom. The molecule has 1 aromatic rings. The van der Waals surface area contributed by atoms with Crippen LogP contribution in [0, 0.1) is 11.2 Å². The second kappa shape index (κ2) is 7.03. The SMILES string of the molecule is CCOC1CC(N)(C(=O)Nc2ccc(F)c(OC)c2)C1(C)C.Cl. The first kappa shape index (κ1) is 19.7. The molecule has 0 aromatic heterocycles. The Labute approximate surface area is 142 Å². The number of carbonyl (C=O) groups excluding carboxylic acids is 1. The number of ether oxygens (including phenoxy) is 2. The third-order valence-corrected chi connectivity index (χ3v) is 4.64. The van der Waals surface area contributed by atoms with Crippen LogP contribution in [0.3, 0.4) is 0 Å². The Morgan fingerprint density at radius 1 is 1.48 bits per heavy atom. The van der Waals surface area contributed by atoms with E-state index < -0.39 is 16.8 Å². The van der Waals surface area contributed by atoms with Crippen molar-refractivity contribution in [1.29, 1.82) is 0 Å². The molecule has 0 bridgehead atoms. The topological polar surface area (TPSA) is 73.6 Å². The molecule has 1 fully saturated rings. The monoisotopic (exact) mass is 346 g/mol. The highest BCUT2D eigenvalue weighted by molar-refractivity contribution is 5.99. The smallest absolute Gasteiger partial charge is 0.245 e. The van der Waals surface area contributed by atoms with E-state index >= 15 is 0 Å². The average molecular weight is 347 g/mol. The van der Waals surface area contributed by atoms with Gasteiger partial charge in [-0.1, -0.05) is 13.8 Å². The highest BCUT2D eigenvalue weighted by Crippen LogP contribution is 2.50. The highest BCUT2D eigenvalue weighted by atomic mass is 35.5. The Hall–Kier alpha value is -1.37. The molecule has 2 unspecified atom stereocenters. The van der Waals surface area contributed by atoms with Crippen molar-refractivity contribution in [2.45, 2.75) is 38.8 Å². The summed E-state index contributed by atoms with van der Waals surface area (Å²) >= 11 is 0. The van der Waals surface area contributed by atoms with Crippen molar-refractivity contribution in [2.24, 2.45) is 11.1 Å². The minimum absolute atomic E-state index is 0. The summed E-state index contributed by atoms with van der Waals surface area (Å²) in [7, 11) is 1.37. The molecule has 1 amide bonds. The molecular weight excluding hydrogens is 323 g/mol. The zero-order chi connectivity index (χ0) is 16.5. The lowest BCUT2D eigenvalue weighted by atomic mass is 9.54. The van der Waals surface area contributed by atoms with Crippen LogP contribution in [0.25, 0.3) is 0 Å². The van der Waals surface area contributed by atoms with Crippen molar-refractivity contribution in [3.05, 3.63) is 24.0 Å². The maximum absolute atomic E-state index is 13.4. The van der Waals surface area contributed by atoms with Crippen LogP contribution in [0.1, 0.15) is 27.2 Å². The van der Waals surface area contributed by atoms with Gasteiger partial charge in [0.25, 0.3) is 0 Å². The molecule has 0 aliphatic heterocycles. The summed E-state index contributed by atoms with van der Waals surface area (Å²) in [5.74, 6) is -0.714. The second-order valence-electron chi connectivity index (χ2n) is 6.14. The highest BCUT2D eigenvalue weighted by Gasteiger charge is 2.62. The van der Waals surface area contributed by atoms with Crippen LogP contribution in [0.15, 0.2) is 18.2 Å². The van der Waals surface area contributed by atoms with E-state index in [1.807, 2.05) is 20.8 Å². The van der Waals surface area contributed by atoms with Crippen LogP contribution < -0.4 is 15.8 Å². The number of methoxy groups -OCH3 is 1. The Morgan fingerprint density at radius 2 is 2.13 bits per heavy atom. The maximum Gasteiger partial charge on any atom is 0.245 e. The number of benzene rings is 1. The largest absolute Gasteiger partial charge is 0.494 e. The molecule has 130 valence electrons. The number of carbonyl (C=O) groups is 1. The Balaban J connectivity index is 0.00000264. The number of hydrogen-bond acceptors (Lipinski definition) is 4. The van der Waals surface area contributed by atoms with E-state index in [1.165, 1.54) is 25.3 Å². The third kappa shape index (κ3) is 3.29. The molecule has 3 N–H and O–H groups in total. The summed E-state index contributed by atoms with van der Waals surface area (Å²) in [6, 6.07) is 4.15. The lowest BCUT2D eigenvalue weighted by Crippen LogP contribution is -2.74. The van der Waals surface area contributed by atoms with Gasteiger partial charge in [0.05, 0.1) is 13.2 Å². The molecule has 0 radical (unpaired) electrons. The normalized spacial score (nSPS) is 25.0. The van der Waals surface area contributed by atoms with E-state index in [0.717, 1.165) is 0 Å². The van der Waals surface area contributed by atoms with Crippen molar-refractivity contribution >= 4 is 24.0 Å². The van der Waals surface area contributed by atoms with Gasteiger partial charge in [-0.2, -0.15) is 0 Å². The Bertz CT molecular complexity index is 582. The number of hydrogen-bond donors (Lipinski definition) is 2. The van der Waals surface area contributed by atoms with Gasteiger partial charge in [-0.15, -0.1) is 12.4 Å². The lowest BCUT2D eigenvalue weighted by Gasteiger charge is -2.57. The van der Waals surface area contributed by atoms with E-state index in [9.17, 15) is 9.18 Å². The predicted octanol–water partition coefficient (Wildman–Crippen LogP) is 2.73. The van der Waals surface area contributed by atoms with Crippen molar-refractivity contribution in [2.75, 3.05) is 19.0 Å². The molecule has 2 atom stereocenters. The van der Waals surface area contributed by atoms with Gasteiger partial charge in [0.15, 0.2) is 11.6 Å². The summed E-state index contributed by atoms with van der Waals surface area (Å²) < 4.78 is 23.9. The Kier molecular flexibility index (Phi) is 6.01. The van der Waals surface area contributed by atoms with Crippen molar-refractivity contribution < 1.29 is 18.7 Å². The van der Waals surface area contributed by atoms with Crippen LogP contribution in [0.5, 0.6) is 5.75 Å². The summed E-state index contributed by atoms with van der Waals surface area (Å²) in [5, 5.41) is 2.74. The quantitative estimate of drug-likeness (QED) is 0.859. The molecule has 0 heterocycles. The molecule has 1 aliphatic rings. The molecule has 0 spiro atoms. The zero-order valence-corrected chi connectivity index (χ0v) is 14.6. The zero-order valence-electron chi connectivity index (χ0n) is 13.8. The minimum atomic E-state index is -1.02. The third-order valence-electron chi connectivity index (χ3n) is 4.64. The van der Waals surface area contributed by atoms with Crippen molar-refractivity contribution in [3.8, 4) is 5.75 Å². The first-order valence-corrected chi connectivity index (χ1v) is 7.31. The number of amides is 1. The van der Waals surface area contributed by atoms with Gasteiger partial charge < -0.3 is 20.5 Å². The van der Waals surface area contributed by atoms with Crippen molar-refractivity contribution in [3.63, 3.8) is 0 Å². The van der Waals surface area contributed by atoms with Crippen LogP contribution >= 0.6 is 12.4 Å². The first-order valence-electron chi connectivity index (χ1n) is 7.31. The number of nitrogens with two attached hydrogens (primary N) is 1. The molecule has 23 heavy (non-hydrogen) atoms. The lowest BCUT2D eigenvalue weighted by molar-refractivity contribution is -0.166. The van der Waals surface area contributed by atoms with Gasteiger partial charge in [-0.05, 0) is 19.1 Å². The summed E-state index contributed by atoms with van der Waals surface area (Å²) in [4.78, 5) is 12.5.